The Morgan fingerprint density at radius 1 is 1.17 bits per heavy atom. The van der Waals surface area contributed by atoms with Gasteiger partial charge in [-0.2, -0.15) is 11.3 Å². The molecule has 0 unspecified atom stereocenters. The second-order valence-corrected chi connectivity index (χ2v) is 6.87. The summed E-state index contributed by atoms with van der Waals surface area (Å²) in [6.07, 6.45) is 2.72. The van der Waals surface area contributed by atoms with Crippen molar-refractivity contribution in [2.45, 2.75) is 38.5 Å². The van der Waals surface area contributed by atoms with Crippen LogP contribution in [0.25, 0.3) is 0 Å². The van der Waals surface area contributed by atoms with E-state index >= 15 is 0 Å². The van der Waals surface area contributed by atoms with Crippen LogP contribution in [-0.2, 0) is 19.6 Å². The highest BCUT2D eigenvalue weighted by molar-refractivity contribution is 7.11. The second kappa shape index (κ2) is 5.53. The molecule has 2 heterocycles. The third kappa shape index (κ3) is 3.01. The number of thiophene rings is 2. The van der Waals surface area contributed by atoms with Crippen molar-refractivity contribution in [3.63, 3.8) is 0 Å². The van der Waals surface area contributed by atoms with E-state index in [1.807, 2.05) is 11.3 Å². The molecule has 18 heavy (non-hydrogen) atoms. The highest BCUT2D eigenvalue weighted by Crippen LogP contribution is 2.31. The van der Waals surface area contributed by atoms with Crippen molar-refractivity contribution in [1.82, 2.24) is 4.90 Å². The molecule has 2 aromatic heterocycles. The molecule has 0 amide bonds. The summed E-state index contributed by atoms with van der Waals surface area (Å²) in [5, 5.41) is 4.42. The van der Waals surface area contributed by atoms with E-state index in [1.165, 1.54) is 28.2 Å². The van der Waals surface area contributed by atoms with Crippen LogP contribution in [0.5, 0.6) is 0 Å². The van der Waals surface area contributed by atoms with Gasteiger partial charge < -0.3 is 5.73 Å². The third-order valence-electron chi connectivity index (χ3n) is 3.31. The summed E-state index contributed by atoms with van der Waals surface area (Å²) >= 11 is 3.64. The molecule has 2 N–H and O–H groups in total. The molecule has 4 heteroatoms. The van der Waals surface area contributed by atoms with Gasteiger partial charge in [0.25, 0.3) is 0 Å². The fraction of sp³-hybridized carbons (Fsp3) is 0.429. The molecule has 0 aliphatic heterocycles. The monoisotopic (exact) mass is 278 g/mol. The lowest BCUT2D eigenvalue weighted by atomic mass is 10.3. The van der Waals surface area contributed by atoms with E-state index in [4.69, 9.17) is 5.73 Å². The van der Waals surface area contributed by atoms with Gasteiger partial charge in [-0.15, -0.1) is 11.3 Å². The maximum Gasteiger partial charge on any atom is 0.0334 e. The molecular weight excluding hydrogens is 260 g/mol. The molecular formula is C14H18N2S2. The minimum Gasteiger partial charge on any atom is -0.326 e. The molecule has 0 bridgehead atoms. The topological polar surface area (TPSA) is 29.3 Å². The van der Waals surface area contributed by atoms with Gasteiger partial charge in [-0.05, 0) is 47.4 Å². The zero-order valence-corrected chi connectivity index (χ0v) is 12.0. The normalized spacial score (nSPS) is 15.4. The minimum absolute atomic E-state index is 0.665. The molecule has 0 saturated heterocycles. The highest BCUT2D eigenvalue weighted by atomic mass is 32.1. The summed E-state index contributed by atoms with van der Waals surface area (Å²) in [4.78, 5) is 5.34. The largest absolute Gasteiger partial charge is 0.326 e. The summed E-state index contributed by atoms with van der Waals surface area (Å²) in [6, 6.07) is 7.43. The van der Waals surface area contributed by atoms with Crippen LogP contribution in [-0.4, -0.2) is 10.9 Å². The molecule has 0 atom stereocenters. The summed E-state index contributed by atoms with van der Waals surface area (Å²) in [6.45, 7) is 2.83. The van der Waals surface area contributed by atoms with Crippen molar-refractivity contribution < 1.29 is 0 Å². The van der Waals surface area contributed by atoms with Crippen LogP contribution in [0.2, 0.25) is 0 Å². The van der Waals surface area contributed by atoms with Crippen LogP contribution in [0.15, 0.2) is 29.0 Å². The predicted octanol–water partition coefficient (Wildman–Crippen LogP) is 3.43. The van der Waals surface area contributed by atoms with E-state index in [0.29, 0.717) is 6.54 Å². The molecule has 2 nitrogen and oxygen atoms in total. The smallest absolute Gasteiger partial charge is 0.0334 e. The van der Waals surface area contributed by atoms with Crippen LogP contribution in [0, 0.1) is 0 Å². The number of hydrogen-bond donors (Lipinski definition) is 1. The lowest BCUT2D eigenvalue weighted by Gasteiger charge is -2.20. The van der Waals surface area contributed by atoms with E-state index in [2.05, 4.69) is 33.9 Å². The third-order valence-corrected chi connectivity index (χ3v) is 5.13. The Labute approximate surface area is 116 Å². The summed E-state index contributed by atoms with van der Waals surface area (Å²) in [5.74, 6) is 0. The van der Waals surface area contributed by atoms with Gasteiger partial charge in [-0.25, -0.2) is 0 Å². The molecule has 1 saturated carbocycles. The maximum atomic E-state index is 5.67. The van der Waals surface area contributed by atoms with E-state index in [9.17, 15) is 0 Å². The van der Waals surface area contributed by atoms with Crippen molar-refractivity contribution in [3.8, 4) is 0 Å². The Morgan fingerprint density at radius 2 is 2.00 bits per heavy atom. The fourth-order valence-electron chi connectivity index (χ4n) is 2.19. The summed E-state index contributed by atoms with van der Waals surface area (Å²) < 4.78 is 0. The molecule has 0 aromatic carbocycles. The average Bonchev–Trinajstić information content (AvgIpc) is 2.92. The first-order valence-electron chi connectivity index (χ1n) is 6.38. The molecule has 96 valence electrons. The standard InChI is InChI=1S/C14H18N2S2/c15-7-13-3-4-14(18-13)9-16(12-1-2-12)8-11-5-6-17-10-11/h3-6,10,12H,1-2,7-9,15H2. The Bertz CT molecular complexity index is 486. The molecule has 1 aliphatic rings. The Morgan fingerprint density at radius 3 is 2.61 bits per heavy atom. The highest BCUT2D eigenvalue weighted by Gasteiger charge is 2.29. The Hall–Kier alpha value is -0.680. The summed E-state index contributed by atoms with van der Waals surface area (Å²) in [7, 11) is 0. The molecule has 0 radical (unpaired) electrons. The lowest BCUT2D eigenvalue weighted by Crippen LogP contribution is -2.24. The van der Waals surface area contributed by atoms with Crippen LogP contribution < -0.4 is 5.73 Å². The SMILES string of the molecule is NCc1ccc(CN(Cc2ccsc2)C2CC2)s1. The fourth-order valence-corrected chi connectivity index (χ4v) is 3.77. The molecule has 0 spiro atoms. The zero-order chi connectivity index (χ0) is 12.4. The number of hydrogen-bond acceptors (Lipinski definition) is 4. The first-order valence-corrected chi connectivity index (χ1v) is 8.14. The first kappa shape index (κ1) is 12.4. The van der Waals surface area contributed by atoms with Crippen LogP contribution in [0.1, 0.15) is 28.2 Å². The number of nitrogens with zero attached hydrogens (tertiary/aromatic N) is 1. The quantitative estimate of drug-likeness (QED) is 0.877. The van der Waals surface area contributed by atoms with Crippen molar-refractivity contribution in [2.24, 2.45) is 5.73 Å². The number of rotatable bonds is 6. The second-order valence-electron chi connectivity index (χ2n) is 4.84. The predicted molar refractivity (Wildman–Crippen MR) is 78.8 cm³/mol. The Kier molecular flexibility index (Phi) is 3.80. The van der Waals surface area contributed by atoms with Gasteiger partial charge in [0.15, 0.2) is 0 Å². The van der Waals surface area contributed by atoms with Gasteiger partial charge in [0.2, 0.25) is 0 Å². The van der Waals surface area contributed by atoms with Crippen molar-refractivity contribution in [1.29, 1.82) is 0 Å². The van der Waals surface area contributed by atoms with Gasteiger partial charge in [0.05, 0.1) is 0 Å². The van der Waals surface area contributed by atoms with Gasteiger partial charge in [0.1, 0.15) is 0 Å². The van der Waals surface area contributed by atoms with E-state index in [1.54, 1.807) is 11.3 Å². The van der Waals surface area contributed by atoms with Crippen molar-refractivity contribution >= 4 is 22.7 Å². The van der Waals surface area contributed by atoms with Crippen LogP contribution in [0.4, 0.5) is 0 Å². The van der Waals surface area contributed by atoms with Crippen LogP contribution >= 0.6 is 22.7 Å². The van der Waals surface area contributed by atoms with Crippen molar-refractivity contribution in [2.75, 3.05) is 0 Å². The molecule has 3 rings (SSSR count). The van der Waals surface area contributed by atoms with Crippen LogP contribution in [0.3, 0.4) is 0 Å². The molecule has 1 aliphatic carbocycles. The van der Waals surface area contributed by atoms with Gasteiger partial charge >= 0.3 is 0 Å². The molecule has 2 aromatic rings. The maximum absolute atomic E-state index is 5.67. The Balaban J connectivity index is 1.66. The van der Waals surface area contributed by atoms with Gasteiger partial charge in [0, 0.05) is 35.4 Å². The zero-order valence-electron chi connectivity index (χ0n) is 10.3. The van der Waals surface area contributed by atoms with Gasteiger partial charge in [-0.1, -0.05) is 0 Å². The lowest BCUT2D eigenvalue weighted by molar-refractivity contribution is 0.248. The van der Waals surface area contributed by atoms with Gasteiger partial charge in [-0.3, -0.25) is 4.90 Å². The first-order chi connectivity index (χ1) is 8.85. The molecule has 1 fully saturated rings. The van der Waals surface area contributed by atoms with E-state index in [0.717, 1.165) is 19.1 Å². The van der Waals surface area contributed by atoms with E-state index in [-0.39, 0.29) is 0 Å². The number of nitrogens with two attached hydrogens (primary N) is 1. The van der Waals surface area contributed by atoms with E-state index < -0.39 is 0 Å². The summed E-state index contributed by atoms with van der Waals surface area (Å²) in [5.41, 5.74) is 7.12. The minimum atomic E-state index is 0.665. The average molecular weight is 278 g/mol. The van der Waals surface area contributed by atoms with Crippen molar-refractivity contribution in [3.05, 3.63) is 44.3 Å².